The molecule has 0 aromatic heterocycles. The molecule has 22 heavy (non-hydrogen) atoms. The molecule has 1 aromatic rings. The lowest BCUT2D eigenvalue weighted by atomic mass is 10.1. The fraction of sp³-hybridized carbons (Fsp3) is 0.562. The monoisotopic (exact) mass is 313 g/mol. The fourth-order valence-electron chi connectivity index (χ4n) is 2.30. The Morgan fingerprint density at radius 2 is 2.18 bits per heavy atom. The van der Waals surface area contributed by atoms with Gasteiger partial charge in [-0.25, -0.2) is 8.78 Å². The summed E-state index contributed by atoms with van der Waals surface area (Å²) in [5, 5.41) is 2.72. The summed E-state index contributed by atoms with van der Waals surface area (Å²) in [6, 6.07) is 3.14. The highest BCUT2D eigenvalue weighted by Crippen LogP contribution is 2.17. The van der Waals surface area contributed by atoms with Gasteiger partial charge < -0.3 is 14.8 Å². The molecule has 1 N–H and O–H groups in total. The van der Waals surface area contributed by atoms with Gasteiger partial charge in [0.05, 0.1) is 18.8 Å². The van der Waals surface area contributed by atoms with Crippen molar-refractivity contribution in [2.24, 2.45) is 0 Å². The maximum Gasteiger partial charge on any atom is 0.249 e. The van der Waals surface area contributed by atoms with E-state index >= 15 is 0 Å². The van der Waals surface area contributed by atoms with Gasteiger partial charge in [0.1, 0.15) is 6.10 Å². The van der Waals surface area contributed by atoms with Crippen molar-refractivity contribution in [3.63, 3.8) is 0 Å². The van der Waals surface area contributed by atoms with Crippen LogP contribution >= 0.6 is 0 Å². The predicted octanol–water partition coefficient (Wildman–Crippen LogP) is 2.73. The lowest BCUT2D eigenvalue weighted by Gasteiger charge is -2.19. The first-order valence-corrected chi connectivity index (χ1v) is 7.46. The van der Waals surface area contributed by atoms with Crippen molar-refractivity contribution in [1.82, 2.24) is 5.32 Å². The Morgan fingerprint density at radius 1 is 1.41 bits per heavy atom. The zero-order valence-electron chi connectivity index (χ0n) is 12.8. The third-order valence-electron chi connectivity index (χ3n) is 3.73. The number of nitrogens with one attached hydrogen (secondary N) is 1. The predicted molar refractivity (Wildman–Crippen MR) is 77.3 cm³/mol. The van der Waals surface area contributed by atoms with E-state index in [-0.39, 0.29) is 12.0 Å². The van der Waals surface area contributed by atoms with Gasteiger partial charge in [0, 0.05) is 6.61 Å². The summed E-state index contributed by atoms with van der Waals surface area (Å²) in [5.74, 6) is -2.13. The zero-order chi connectivity index (χ0) is 16.1. The Bertz CT molecular complexity index is 518. The van der Waals surface area contributed by atoms with E-state index < -0.39 is 23.8 Å². The lowest BCUT2D eigenvalue weighted by molar-refractivity contribution is -0.134. The maximum absolute atomic E-state index is 13.2. The molecular weight excluding hydrogens is 292 g/mol. The Morgan fingerprint density at radius 3 is 2.82 bits per heavy atom. The van der Waals surface area contributed by atoms with E-state index in [0.717, 1.165) is 31.6 Å². The van der Waals surface area contributed by atoms with Gasteiger partial charge >= 0.3 is 0 Å². The largest absolute Gasteiger partial charge is 0.376 e. The van der Waals surface area contributed by atoms with Crippen molar-refractivity contribution in [2.75, 3.05) is 13.2 Å². The second-order valence-corrected chi connectivity index (χ2v) is 5.51. The molecule has 122 valence electrons. The van der Waals surface area contributed by atoms with Crippen molar-refractivity contribution < 1.29 is 23.0 Å². The Kier molecular flexibility index (Phi) is 5.85. The van der Waals surface area contributed by atoms with Gasteiger partial charge in [-0.2, -0.15) is 0 Å². The van der Waals surface area contributed by atoms with Gasteiger partial charge in [-0.3, -0.25) is 4.79 Å². The van der Waals surface area contributed by atoms with Crippen LogP contribution in [0.4, 0.5) is 8.78 Å². The van der Waals surface area contributed by atoms with Gasteiger partial charge in [-0.1, -0.05) is 6.07 Å². The minimum Gasteiger partial charge on any atom is -0.376 e. The van der Waals surface area contributed by atoms with E-state index in [1.165, 1.54) is 6.07 Å². The molecule has 0 spiro atoms. The standard InChI is InChI=1S/C16H21F2NO3/c1-10(12-5-6-14(17)15(18)8-12)19-16(20)11(2)22-9-13-4-3-7-21-13/h5-6,8,10-11,13H,3-4,7,9H2,1-2H3,(H,19,20)/t10-,11-,13+/m0/s1. The Balaban J connectivity index is 1.82. The average Bonchev–Trinajstić information content (AvgIpc) is 3.00. The van der Waals surface area contributed by atoms with E-state index in [1.54, 1.807) is 13.8 Å². The Labute approximate surface area is 128 Å². The summed E-state index contributed by atoms with van der Waals surface area (Å²) in [6.45, 7) is 4.48. The lowest BCUT2D eigenvalue weighted by Crippen LogP contribution is -2.37. The number of hydrogen-bond donors (Lipinski definition) is 1. The third-order valence-corrected chi connectivity index (χ3v) is 3.73. The highest BCUT2D eigenvalue weighted by molar-refractivity contribution is 5.80. The fourth-order valence-corrected chi connectivity index (χ4v) is 2.30. The van der Waals surface area contributed by atoms with Crippen LogP contribution < -0.4 is 5.32 Å². The summed E-state index contributed by atoms with van der Waals surface area (Å²) in [4.78, 5) is 12.0. The van der Waals surface area contributed by atoms with Crippen LogP contribution in [0.5, 0.6) is 0 Å². The quantitative estimate of drug-likeness (QED) is 0.878. The molecule has 1 saturated heterocycles. The summed E-state index contributed by atoms with van der Waals surface area (Å²) < 4.78 is 37.0. The van der Waals surface area contributed by atoms with E-state index in [9.17, 15) is 13.6 Å². The molecule has 2 rings (SSSR count). The molecule has 1 aliphatic rings. The Hall–Kier alpha value is -1.53. The molecular formula is C16H21F2NO3. The van der Waals surface area contributed by atoms with Crippen molar-refractivity contribution >= 4 is 5.91 Å². The van der Waals surface area contributed by atoms with E-state index in [2.05, 4.69) is 5.32 Å². The normalized spacial score (nSPS) is 20.6. The molecule has 0 bridgehead atoms. The molecule has 3 atom stereocenters. The molecule has 1 aromatic carbocycles. The maximum atomic E-state index is 13.2. The molecule has 0 saturated carbocycles. The third kappa shape index (κ3) is 4.48. The van der Waals surface area contributed by atoms with Crippen LogP contribution in [-0.4, -0.2) is 31.3 Å². The minimum absolute atomic E-state index is 0.0545. The van der Waals surface area contributed by atoms with Gasteiger partial charge in [0.2, 0.25) is 5.91 Å². The number of benzene rings is 1. The number of halogens is 2. The smallest absolute Gasteiger partial charge is 0.249 e. The number of amides is 1. The molecule has 1 fully saturated rings. The molecule has 1 amide bonds. The summed E-state index contributed by atoms with van der Waals surface area (Å²) in [5.41, 5.74) is 0.499. The second-order valence-electron chi connectivity index (χ2n) is 5.51. The molecule has 4 nitrogen and oxygen atoms in total. The molecule has 0 unspecified atom stereocenters. The van der Waals surface area contributed by atoms with E-state index in [0.29, 0.717) is 12.2 Å². The SMILES string of the molecule is C[C@H](OC[C@H]1CCCO1)C(=O)N[C@@H](C)c1ccc(F)c(F)c1. The van der Waals surface area contributed by atoms with Crippen LogP contribution in [0.2, 0.25) is 0 Å². The number of ether oxygens (including phenoxy) is 2. The first kappa shape index (κ1) is 16.8. The zero-order valence-corrected chi connectivity index (χ0v) is 12.8. The minimum atomic E-state index is -0.929. The molecule has 0 radical (unpaired) electrons. The summed E-state index contributed by atoms with van der Waals surface area (Å²) >= 11 is 0. The first-order valence-electron chi connectivity index (χ1n) is 7.46. The average molecular weight is 313 g/mol. The molecule has 6 heteroatoms. The van der Waals surface area contributed by atoms with Gasteiger partial charge in [-0.15, -0.1) is 0 Å². The van der Waals surface area contributed by atoms with Crippen molar-refractivity contribution in [1.29, 1.82) is 0 Å². The molecule has 1 heterocycles. The van der Waals surface area contributed by atoms with Crippen molar-refractivity contribution in [2.45, 2.75) is 44.9 Å². The summed E-state index contributed by atoms with van der Waals surface area (Å²) in [6.07, 6.45) is 1.39. The van der Waals surface area contributed by atoms with Gasteiger partial charge in [0.15, 0.2) is 11.6 Å². The summed E-state index contributed by atoms with van der Waals surface area (Å²) in [7, 11) is 0. The van der Waals surface area contributed by atoms with Crippen LogP contribution in [0.1, 0.15) is 38.3 Å². The highest BCUT2D eigenvalue weighted by Gasteiger charge is 2.21. The highest BCUT2D eigenvalue weighted by atomic mass is 19.2. The van der Waals surface area contributed by atoms with Gasteiger partial charge in [0.25, 0.3) is 0 Å². The topological polar surface area (TPSA) is 47.6 Å². The van der Waals surface area contributed by atoms with Gasteiger partial charge in [-0.05, 0) is 44.4 Å². The van der Waals surface area contributed by atoms with Crippen LogP contribution in [-0.2, 0) is 14.3 Å². The van der Waals surface area contributed by atoms with Crippen molar-refractivity contribution in [3.05, 3.63) is 35.4 Å². The van der Waals surface area contributed by atoms with Crippen LogP contribution in [0.3, 0.4) is 0 Å². The number of carbonyl (C=O) groups is 1. The van der Waals surface area contributed by atoms with Crippen LogP contribution in [0.15, 0.2) is 18.2 Å². The second kappa shape index (κ2) is 7.65. The molecule has 1 aliphatic heterocycles. The van der Waals surface area contributed by atoms with E-state index in [4.69, 9.17) is 9.47 Å². The number of hydrogen-bond acceptors (Lipinski definition) is 3. The van der Waals surface area contributed by atoms with Crippen molar-refractivity contribution in [3.8, 4) is 0 Å². The van der Waals surface area contributed by atoms with E-state index in [1.807, 2.05) is 0 Å². The van der Waals surface area contributed by atoms with Crippen LogP contribution in [0, 0.1) is 11.6 Å². The first-order chi connectivity index (χ1) is 10.5. The van der Waals surface area contributed by atoms with Crippen LogP contribution in [0.25, 0.3) is 0 Å². The number of carbonyl (C=O) groups excluding carboxylic acids is 1. The number of rotatable bonds is 6. The molecule has 0 aliphatic carbocycles.